The third kappa shape index (κ3) is 1.96. The average molecular weight is 278 g/mol. The Bertz CT molecular complexity index is 347. The lowest BCUT2D eigenvalue weighted by molar-refractivity contribution is -0.123. The summed E-state index contributed by atoms with van der Waals surface area (Å²) in [5, 5.41) is 12.5. The number of alkyl halides is 2. The van der Waals surface area contributed by atoms with Gasteiger partial charge in [0.2, 0.25) is 5.91 Å². The Morgan fingerprint density at radius 1 is 1.35 bits per heavy atom. The van der Waals surface area contributed by atoms with Crippen LogP contribution in [0.25, 0.3) is 0 Å². The second-order valence-corrected chi connectivity index (χ2v) is 7.27. The molecule has 3 nitrogen and oxygen atoms in total. The van der Waals surface area contributed by atoms with E-state index >= 15 is 0 Å². The molecule has 1 amide bonds. The van der Waals surface area contributed by atoms with Crippen molar-refractivity contribution in [2.24, 2.45) is 23.7 Å². The summed E-state index contributed by atoms with van der Waals surface area (Å²) in [6.07, 6.45) is 4.06. The highest BCUT2D eigenvalue weighted by Gasteiger charge is 2.57. The molecular formula is C12H17Cl2NO2. The molecule has 3 aliphatic rings. The van der Waals surface area contributed by atoms with E-state index in [0.29, 0.717) is 18.3 Å². The van der Waals surface area contributed by atoms with Crippen LogP contribution in [0.2, 0.25) is 0 Å². The molecule has 0 aromatic carbocycles. The van der Waals surface area contributed by atoms with Crippen molar-refractivity contribution in [2.75, 3.05) is 6.61 Å². The van der Waals surface area contributed by atoms with Gasteiger partial charge in [0.25, 0.3) is 0 Å². The predicted molar refractivity (Wildman–Crippen MR) is 65.9 cm³/mol. The first-order chi connectivity index (χ1) is 8.03. The second-order valence-electron chi connectivity index (χ2n) is 5.73. The van der Waals surface area contributed by atoms with E-state index in [4.69, 9.17) is 23.2 Å². The predicted octanol–water partition coefficient (Wildman–Crippen LogP) is 1.70. The van der Waals surface area contributed by atoms with Gasteiger partial charge in [0.1, 0.15) is 4.33 Å². The maximum absolute atomic E-state index is 12.0. The van der Waals surface area contributed by atoms with Gasteiger partial charge in [0.15, 0.2) is 0 Å². The number of hydrogen-bond acceptors (Lipinski definition) is 2. The van der Waals surface area contributed by atoms with Crippen LogP contribution in [-0.4, -0.2) is 28.0 Å². The molecule has 0 aliphatic heterocycles. The largest absolute Gasteiger partial charge is 0.396 e. The van der Waals surface area contributed by atoms with Crippen LogP contribution >= 0.6 is 23.2 Å². The van der Waals surface area contributed by atoms with Gasteiger partial charge in [0.05, 0.1) is 5.92 Å². The van der Waals surface area contributed by atoms with Crippen LogP contribution in [0.5, 0.6) is 0 Å². The summed E-state index contributed by atoms with van der Waals surface area (Å²) in [7, 11) is 0. The van der Waals surface area contributed by atoms with Gasteiger partial charge in [-0.25, -0.2) is 0 Å². The van der Waals surface area contributed by atoms with Gasteiger partial charge in [-0.15, -0.1) is 23.2 Å². The van der Waals surface area contributed by atoms with Crippen molar-refractivity contribution in [2.45, 2.75) is 36.1 Å². The molecule has 0 aromatic rings. The molecule has 3 saturated carbocycles. The van der Waals surface area contributed by atoms with Crippen LogP contribution in [0.15, 0.2) is 0 Å². The minimum atomic E-state index is -0.851. The number of amides is 1. The van der Waals surface area contributed by atoms with Gasteiger partial charge in [-0.05, 0) is 37.5 Å². The maximum Gasteiger partial charge on any atom is 0.226 e. The molecule has 96 valence electrons. The summed E-state index contributed by atoms with van der Waals surface area (Å²) >= 11 is 11.8. The first-order valence-corrected chi connectivity index (χ1v) is 7.07. The third-order valence-corrected chi connectivity index (χ3v) is 5.59. The van der Waals surface area contributed by atoms with Crippen LogP contribution in [-0.2, 0) is 4.79 Å². The van der Waals surface area contributed by atoms with Gasteiger partial charge in [-0.1, -0.05) is 0 Å². The number of carbonyl (C=O) groups is 1. The molecule has 5 unspecified atom stereocenters. The first-order valence-electron chi connectivity index (χ1n) is 6.32. The van der Waals surface area contributed by atoms with Gasteiger partial charge >= 0.3 is 0 Å². The first kappa shape index (κ1) is 12.1. The van der Waals surface area contributed by atoms with Crippen molar-refractivity contribution < 1.29 is 9.90 Å². The minimum absolute atomic E-state index is 0.0361. The molecule has 0 saturated heterocycles. The molecule has 2 bridgehead atoms. The summed E-state index contributed by atoms with van der Waals surface area (Å²) in [6, 6.07) is 0.135. The lowest BCUT2D eigenvalue weighted by Crippen LogP contribution is -2.46. The Labute approximate surface area is 111 Å². The van der Waals surface area contributed by atoms with E-state index < -0.39 is 4.33 Å². The topological polar surface area (TPSA) is 49.3 Å². The SMILES string of the molecule is O=C(NC1C2CCC(C2)C1CO)C1CC1(Cl)Cl. The van der Waals surface area contributed by atoms with Crippen molar-refractivity contribution in [1.82, 2.24) is 5.32 Å². The van der Waals surface area contributed by atoms with E-state index in [9.17, 15) is 9.90 Å². The maximum atomic E-state index is 12.0. The zero-order valence-electron chi connectivity index (χ0n) is 9.53. The van der Waals surface area contributed by atoms with Crippen molar-refractivity contribution in [3.05, 3.63) is 0 Å². The quantitative estimate of drug-likeness (QED) is 0.772. The number of aliphatic hydroxyl groups excluding tert-OH is 1. The van der Waals surface area contributed by atoms with Gasteiger partial charge in [-0.2, -0.15) is 0 Å². The molecule has 3 rings (SSSR count). The molecule has 3 aliphatic carbocycles. The Balaban J connectivity index is 1.63. The fourth-order valence-electron chi connectivity index (χ4n) is 3.66. The molecule has 2 N–H and O–H groups in total. The fraction of sp³-hybridized carbons (Fsp3) is 0.917. The molecule has 0 spiro atoms. The summed E-state index contributed by atoms with van der Waals surface area (Å²) in [6.45, 7) is 0.170. The molecule has 0 aromatic heterocycles. The number of rotatable bonds is 3. The smallest absolute Gasteiger partial charge is 0.226 e. The van der Waals surface area contributed by atoms with Crippen LogP contribution in [0.1, 0.15) is 25.7 Å². The third-order valence-electron chi connectivity index (χ3n) is 4.75. The van der Waals surface area contributed by atoms with Crippen molar-refractivity contribution in [1.29, 1.82) is 0 Å². The molecule has 5 heteroatoms. The second kappa shape index (κ2) is 4.01. The van der Waals surface area contributed by atoms with Crippen molar-refractivity contribution >= 4 is 29.1 Å². The number of nitrogens with one attached hydrogen (secondary N) is 1. The number of halogens is 2. The van der Waals surface area contributed by atoms with Crippen LogP contribution in [0.3, 0.4) is 0 Å². The van der Waals surface area contributed by atoms with Gasteiger partial charge in [-0.3, -0.25) is 4.79 Å². The summed E-state index contributed by atoms with van der Waals surface area (Å²) in [5.74, 6) is 1.07. The Morgan fingerprint density at radius 3 is 2.59 bits per heavy atom. The molecule has 17 heavy (non-hydrogen) atoms. The normalized spacial score (nSPS) is 45.9. The number of hydrogen-bond donors (Lipinski definition) is 2. The van der Waals surface area contributed by atoms with E-state index in [-0.39, 0.29) is 30.4 Å². The monoisotopic (exact) mass is 277 g/mol. The molecular weight excluding hydrogens is 261 g/mol. The number of carbonyl (C=O) groups excluding carboxylic acids is 1. The molecule has 3 fully saturated rings. The van der Waals surface area contributed by atoms with E-state index in [1.807, 2.05) is 0 Å². The van der Waals surface area contributed by atoms with Crippen molar-refractivity contribution in [3.8, 4) is 0 Å². The van der Waals surface area contributed by atoms with Crippen LogP contribution in [0.4, 0.5) is 0 Å². The highest BCUT2D eigenvalue weighted by Crippen LogP contribution is 2.54. The lowest BCUT2D eigenvalue weighted by Gasteiger charge is -2.30. The number of fused-ring (bicyclic) bond motifs is 2. The van der Waals surface area contributed by atoms with Crippen LogP contribution in [0, 0.1) is 23.7 Å². The zero-order valence-corrected chi connectivity index (χ0v) is 11.0. The minimum Gasteiger partial charge on any atom is -0.396 e. The standard InChI is InChI=1S/C12H17Cl2NO2/c13-12(14)4-9(12)11(17)15-10-7-2-1-6(3-7)8(10)5-16/h6-10,16H,1-5H2,(H,15,17). The summed E-state index contributed by atoms with van der Waals surface area (Å²) in [5.41, 5.74) is 0. The Hall–Kier alpha value is 0.01000. The van der Waals surface area contributed by atoms with Gasteiger partial charge in [0, 0.05) is 18.6 Å². The summed E-state index contributed by atoms with van der Waals surface area (Å²) in [4.78, 5) is 12.0. The van der Waals surface area contributed by atoms with E-state index in [1.165, 1.54) is 12.8 Å². The molecule has 0 radical (unpaired) electrons. The number of aliphatic hydroxyl groups is 1. The highest BCUT2D eigenvalue weighted by molar-refractivity contribution is 6.52. The van der Waals surface area contributed by atoms with E-state index in [1.54, 1.807) is 0 Å². The molecule has 5 atom stereocenters. The highest BCUT2D eigenvalue weighted by atomic mass is 35.5. The Kier molecular flexibility index (Phi) is 2.84. The Morgan fingerprint density at radius 2 is 2.00 bits per heavy atom. The van der Waals surface area contributed by atoms with E-state index in [0.717, 1.165) is 6.42 Å². The van der Waals surface area contributed by atoms with E-state index in [2.05, 4.69) is 5.32 Å². The fourth-order valence-corrected chi connectivity index (χ4v) is 4.17. The van der Waals surface area contributed by atoms with Gasteiger partial charge < -0.3 is 10.4 Å². The summed E-state index contributed by atoms with van der Waals surface area (Å²) < 4.78 is -0.851. The zero-order chi connectivity index (χ0) is 12.2. The van der Waals surface area contributed by atoms with Crippen LogP contribution < -0.4 is 5.32 Å². The molecule has 0 heterocycles. The lowest BCUT2D eigenvalue weighted by atomic mass is 9.85. The van der Waals surface area contributed by atoms with Crippen molar-refractivity contribution in [3.63, 3.8) is 0 Å². The average Bonchev–Trinajstić information content (AvgIpc) is 2.68.